The molecule has 1 N–H and O–H groups in total. The number of hydrogen-bond donors (Lipinski definition) is 1. The molecule has 1 amide bonds. The first-order chi connectivity index (χ1) is 7.99. The van der Waals surface area contributed by atoms with Crippen LogP contribution in [0.4, 0.5) is 8.78 Å². The Bertz CT molecular complexity index is 292. The van der Waals surface area contributed by atoms with Gasteiger partial charge >= 0.3 is 0 Å². The molecule has 6 heteroatoms. The van der Waals surface area contributed by atoms with E-state index in [4.69, 9.17) is 0 Å². The van der Waals surface area contributed by atoms with Gasteiger partial charge < -0.3 is 10.2 Å². The zero-order valence-corrected chi connectivity index (χ0v) is 11.4. The Kier molecular flexibility index (Phi) is 5.34. The fourth-order valence-electron chi connectivity index (χ4n) is 2.69. The van der Waals surface area contributed by atoms with E-state index in [1.165, 1.54) is 0 Å². The summed E-state index contributed by atoms with van der Waals surface area (Å²) in [6, 6.07) is 0.179. The molecule has 0 spiro atoms. The van der Waals surface area contributed by atoms with Crippen molar-refractivity contribution in [3.8, 4) is 0 Å². The van der Waals surface area contributed by atoms with Crippen molar-refractivity contribution < 1.29 is 13.6 Å². The van der Waals surface area contributed by atoms with Crippen molar-refractivity contribution in [3.63, 3.8) is 0 Å². The highest BCUT2D eigenvalue weighted by atomic mass is 35.5. The Labute approximate surface area is 113 Å². The smallest absolute Gasteiger partial charge is 0.248 e. The Morgan fingerprint density at radius 3 is 2.50 bits per heavy atom. The zero-order valence-electron chi connectivity index (χ0n) is 10.6. The first-order valence-electron chi connectivity index (χ1n) is 6.39. The van der Waals surface area contributed by atoms with Gasteiger partial charge in [-0.15, -0.1) is 12.4 Å². The fourth-order valence-corrected chi connectivity index (χ4v) is 2.69. The van der Waals surface area contributed by atoms with E-state index < -0.39 is 5.92 Å². The van der Waals surface area contributed by atoms with Crippen LogP contribution < -0.4 is 5.32 Å². The molecule has 2 aliphatic rings. The van der Waals surface area contributed by atoms with Gasteiger partial charge in [0.1, 0.15) is 0 Å². The van der Waals surface area contributed by atoms with Gasteiger partial charge in [0.25, 0.3) is 0 Å². The fraction of sp³-hybridized carbons (Fsp3) is 0.917. The molecule has 0 unspecified atom stereocenters. The van der Waals surface area contributed by atoms with Gasteiger partial charge in [0.15, 0.2) is 0 Å². The van der Waals surface area contributed by atoms with Crippen LogP contribution in [-0.2, 0) is 4.79 Å². The van der Waals surface area contributed by atoms with E-state index in [2.05, 4.69) is 5.32 Å². The molecule has 0 radical (unpaired) electrons. The second-order valence-corrected chi connectivity index (χ2v) is 5.22. The Morgan fingerprint density at radius 1 is 1.33 bits per heavy atom. The molecule has 0 aromatic carbocycles. The number of amides is 1. The average Bonchev–Trinajstić information content (AvgIpc) is 2.29. The topological polar surface area (TPSA) is 32.3 Å². The summed E-state index contributed by atoms with van der Waals surface area (Å²) in [7, 11) is 0. The SMILES string of the molecule is C[C@@H]1CNCCN1C(=O)C1CCC(F)(F)CC1.Cl. The number of hydrogen-bond acceptors (Lipinski definition) is 2. The molecule has 2 rings (SSSR count). The third kappa shape index (κ3) is 3.54. The minimum Gasteiger partial charge on any atom is -0.337 e. The highest BCUT2D eigenvalue weighted by Gasteiger charge is 2.39. The van der Waals surface area contributed by atoms with Crippen LogP contribution in [-0.4, -0.2) is 42.4 Å². The summed E-state index contributed by atoms with van der Waals surface area (Å²) >= 11 is 0. The summed E-state index contributed by atoms with van der Waals surface area (Å²) < 4.78 is 26.1. The van der Waals surface area contributed by atoms with Crippen molar-refractivity contribution in [3.05, 3.63) is 0 Å². The van der Waals surface area contributed by atoms with Gasteiger partial charge in [0.05, 0.1) is 0 Å². The van der Waals surface area contributed by atoms with Crippen LogP contribution in [0.3, 0.4) is 0 Å². The molecule has 0 aromatic heterocycles. The minimum atomic E-state index is -2.55. The highest BCUT2D eigenvalue weighted by Crippen LogP contribution is 2.37. The molecular weight excluding hydrogens is 262 g/mol. The number of nitrogens with one attached hydrogen (secondary N) is 1. The van der Waals surface area contributed by atoms with Gasteiger partial charge in [-0.1, -0.05) is 0 Å². The van der Waals surface area contributed by atoms with Crippen LogP contribution >= 0.6 is 12.4 Å². The number of nitrogens with zero attached hydrogens (tertiary/aromatic N) is 1. The lowest BCUT2D eigenvalue weighted by Crippen LogP contribution is -2.54. The first kappa shape index (κ1) is 15.6. The van der Waals surface area contributed by atoms with Gasteiger partial charge in [-0.2, -0.15) is 0 Å². The number of rotatable bonds is 1. The average molecular weight is 283 g/mol. The maximum Gasteiger partial charge on any atom is 0.248 e. The number of carbonyl (C=O) groups excluding carboxylic acids is 1. The molecule has 1 saturated carbocycles. The molecule has 18 heavy (non-hydrogen) atoms. The maximum atomic E-state index is 13.0. The van der Waals surface area contributed by atoms with E-state index in [9.17, 15) is 13.6 Å². The molecule has 1 saturated heterocycles. The van der Waals surface area contributed by atoms with Crippen molar-refractivity contribution in [1.82, 2.24) is 10.2 Å². The quantitative estimate of drug-likeness (QED) is 0.798. The number of carbonyl (C=O) groups is 1. The summed E-state index contributed by atoms with van der Waals surface area (Å²) in [6.07, 6.45) is 0.402. The second kappa shape index (κ2) is 6.15. The largest absolute Gasteiger partial charge is 0.337 e. The van der Waals surface area contributed by atoms with Crippen LogP contribution in [0, 0.1) is 5.92 Å². The van der Waals surface area contributed by atoms with Crippen LogP contribution in [0.15, 0.2) is 0 Å². The monoisotopic (exact) mass is 282 g/mol. The molecule has 3 nitrogen and oxygen atoms in total. The van der Waals surface area contributed by atoms with Crippen LogP contribution in [0.2, 0.25) is 0 Å². The summed E-state index contributed by atoms with van der Waals surface area (Å²) in [5.74, 6) is -2.66. The van der Waals surface area contributed by atoms with Gasteiger partial charge in [0, 0.05) is 44.4 Å². The third-order valence-electron chi connectivity index (χ3n) is 3.85. The molecule has 1 heterocycles. The van der Waals surface area contributed by atoms with E-state index in [1.54, 1.807) is 0 Å². The van der Waals surface area contributed by atoms with E-state index in [1.807, 2.05) is 11.8 Å². The van der Waals surface area contributed by atoms with Crippen molar-refractivity contribution in [2.45, 2.75) is 44.6 Å². The number of alkyl halides is 2. The van der Waals surface area contributed by atoms with Gasteiger partial charge in [0.2, 0.25) is 11.8 Å². The van der Waals surface area contributed by atoms with E-state index in [0.29, 0.717) is 19.4 Å². The maximum absolute atomic E-state index is 13.0. The van der Waals surface area contributed by atoms with Crippen molar-refractivity contribution >= 4 is 18.3 Å². The van der Waals surface area contributed by atoms with E-state index in [0.717, 1.165) is 13.1 Å². The molecular formula is C12H21ClF2N2O. The van der Waals surface area contributed by atoms with Gasteiger partial charge in [-0.05, 0) is 19.8 Å². The minimum absolute atomic E-state index is 0. The van der Waals surface area contributed by atoms with E-state index >= 15 is 0 Å². The van der Waals surface area contributed by atoms with Crippen LogP contribution in [0.5, 0.6) is 0 Å². The normalized spacial score (nSPS) is 28.6. The first-order valence-corrected chi connectivity index (χ1v) is 6.39. The predicted octanol–water partition coefficient (Wildman–Crippen LogP) is 2.05. The number of halogens is 3. The lowest BCUT2D eigenvalue weighted by atomic mass is 9.85. The summed E-state index contributed by atoms with van der Waals surface area (Å²) in [5, 5.41) is 3.22. The Hall–Kier alpha value is -0.420. The molecule has 2 fully saturated rings. The van der Waals surface area contributed by atoms with Crippen molar-refractivity contribution in [1.29, 1.82) is 0 Å². The number of piperazine rings is 1. The Morgan fingerprint density at radius 2 is 1.94 bits per heavy atom. The second-order valence-electron chi connectivity index (χ2n) is 5.22. The standard InChI is InChI=1S/C12H20F2N2O.ClH/c1-9-8-15-6-7-16(9)11(17)10-2-4-12(13,14)5-3-10;/h9-10,15H,2-8H2,1H3;1H/t9-;/m1./s1. The lowest BCUT2D eigenvalue weighted by Gasteiger charge is -2.38. The van der Waals surface area contributed by atoms with Crippen LogP contribution in [0.25, 0.3) is 0 Å². The molecule has 0 aromatic rings. The van der Waals surface area contributed by atoms with Crippen molar-refractivity contribution in [2.24, 2.45) is 5.92 Å². The van der Waals surface area contributed by atoms with Crippen LogP contribution in [0.1, 0.15) is 32.6 Å². The third-order valence-corrected chi connectivity index (χ3v) is 3.85. The van der Waals surface area contributed by atoms with E-state index in [-0.39, 0.29) is 43.1 Å². The molecule has 1 aliphatic heterocycles. The summed E-state index contributed by atoms with van der Waals surface area (Å²) in [6.45, 7) is 4.31. The zero-order chi connectivity index (χ0) is 12.5. The predicted molar refractivity (Wildman–Crippen MR) is 68.2 cm³/mol. The van der Waals surface area contributed by atoms with Crippen molar-refractivity contribution in [2.75, 3.05) is 19.6 Å². The summed E-state index contributed by atoms with van der Waals surface area (Å²) in [5.41, 5.74) is 0. The molecule has 1 aliphatic carbocycles. The molecule has 1 atom stereocenters. The van der Waals surface area contributed by atoms with Gasteiger partial charge in [-0.25, -0.2) is 8.78 Å². The summed E-state index contributed by atoms with van der Waals surface area (Å²) in [4.78, 5) is 14.1. The Balaban J connectivity index is 0.00000162. The highest BCUT2D eigenvalue weighted by molar-refractivity contribution is 5.85. The van der Waals surface area contributed by atoms with Gasteiger partial charge in [-0.3, -0.25) is 4.79 Å². The molecule has 0 bridgehead atoms. The lowest BCUT2D eigenvalue weighted by molar-refractivity contribution is -0.142. The molecule has 106 valence electrons.